The normalized spacial score (nSPS) is 11.9. The number of benzene rings is 1. The topological polar surface area (TPSA) is 64.3 Å². The molecule has 0 aliphatic carbocycles. The first kappa shape index (κ1) is 14.5. The second kappa shape index (κ2) is 7.71. The van der Waals surface area contributed by atoms with Crippen LogP contribution in [0.25, 0.3) is 0 Å². The van der Waals surface area contributed by atoms with Gasteiger partial charge in [0.15, 0.2) is 0 Å². The molecule has 1 amide bonds. The van der Waals surface area contributed by atoms with Gasteiger partial charge < -0.3 is 15.8 Å². The third-order valence-corrected chi connectivity index (χ3v) is 2.89. The monoisotopic (exact) mass is 250 g/mol. The van der Waals surface area contributed by atoms with Crippen molar-refractivity contribution >= 4 is 5.91 Å². The molecule has 1 aromatic rings. The van der Waals surface area contributed by atoms with Gasteiger partial charge in [0.1, 0.15) is 5.75 Å². The number of carbonyl (C=O) groups excluding carboxylic acids is 1. The van der Waals surface area contributed by atoms with Crippen LogP contribution in [0.2, 0.25) is 0 Å². The van der Waals surface area contributed by atoms with Gasteiger partial charge in [-0.1, -0.05) is 19.1 Å². The van der Waals surface area contributed by atoms with E-state index in [0.717, 1.165) is 24.2 Å². The van der Waals surface area contributed by atoms with Gasteiger partial charge >= 0.3 is 0 Å². The zero-order valence-electron chi connectivity index (χ0n) is 11.1. The van der Waals surface area contributed by atoms with E-state index in [1.54, 1.807) is 7.11 Å². The van der Waals surface area contributed by atoms with E-state index in [0.29, 0.717) is 13.0 Å². The maximum Gasteiger partial charge on any atom is 0.224 e. The molecule has 1 atom stereocenters. The Bertz CT molecular complexity index is 363. The second-order valence-electron chi connectivity index (χ2n) is 4.33. The van der Waals surface area contributed by atoms with Crippen LogP contribution in [0, 0.1) is 0 Å². The molecule has 0 radical (unpaired) electrons. The lowest BCUT2D eigenvalue weighted by Gasteiger charge is -2.09. The molecular weight excluding hydrogens is 228 g/mol. The Balaban J connectivity index is 2.30. The minimum atomic E-state index is 0.0310. The number of nitrogens with one attached hydrogen (secondary N) is 1. The average molecular weight is 250 g/mol. The van der Waals surface area contributed by atoms with Crippen LogP contribution in [-0.2, 0) is 11.2 Å². The molecule has 0 aliphatic rings. The van der Waals surface area contributed by atoms with Gasteiger partial charge in [-0.2, -0.15) is 0 Å². The number of ether oxygens (including phenoxy) is 1. The predicted molar refractivity (Wildman–Crippen MR) is 72.6 cm³/mol. The maximum absolute atomic E-state index is 11.7. The molecule has 0 heterocycles. The summed E-state index contributed by atoms with van der Waals surface area (Å²) in [4.78, 5) is 11.7. The van der Waals surface area contributed by atoms with Crippen molar-refractivity contribution in [1.29, 1.82) is 0 Å². The Morgan fingerprint density at radius 1 is 1.39 bits per heavy atom. The molecule has 0 spiro atoms. The Hall–Kier alpha value is -1.55. The molecule has 18 heavy (non-hydrogen) atoms. The molecule has 4 nitrogen and oxygen atoms in total. The molecular formula is C14H22N2O2. The summed E-state index contributed by atoms with van der Waals surface area (Å²) in [6.07, 6.45) is 2.16. The van der Waals surface area contributed by atoms with Crippen molar-refractivity contribution in [3.05, 3.63) is 29.8 Å². The molecule has 0 aromatic heterocycles. The Labute approximate surface area is 109 Å². The van der Waals surface area contributed by atoms with Crippen LogP contribution in [0.1, 0.15) is 25.3 Å². The first-order valence-corrected chi connectivity index (χ1v) is 6.31. The summed E-state index contributed by atoms with van der Waals surface area (Å²) < 4.78 is 5.06. The van der Waals surface area contributed by atoms with Gasteiger partial charge in [0.05, 0.1) is 13.5 Å². The smallest absolute Gasteiger partial charge is 0.224 e. The van der Waals surface area contributed by atoms with E-state index < -0.39 is 0 Å². The molecule has 4 heteroatoms. The second-order valence-corrected chi connectivity index (χ2v) is 4.33. The summed E-state index contributed by atoms with van der Waals surface area (Å²) in [5.74, 6) is 0.830. The Morgan fingerprint density at radius 2 is 2.06 bits per heavy atom. The van der Waals surface area contributed by atoms with Crippen molar-refractivity contribution in [2.75, 3.05) is 13.7 Å². The zero-order valence-corrected chi connectivity index (χ0v) is 11.1. The molecule has 0 aliphatic heterocycles. The van der Waals surface area contributed by atoms with E-state index in [4.69, 9.17) is 10.5 Å². The number of carbonyl (C=O) groups is 1. The number of hydrogen-bond acceptors (Lipinski definition) is 3. The summed E-state index contributed by atoms with van der Waals surface area (Å²) in [5.41, 5.74) is 6.76. The highest BCUT2D eigenvalue weighted by Gasteiger charge is 2.04. The van der Waals surface area contributed by atoms with E-state index >= 15 is 0 Å². The van der Waals surface area contributed by atoms with Crippen molar-refractivity contribution in [3.63, 3.8) is 0 Å². The standard InChI is InChI=1S/C14H22N2O2/c1-3-12(15)8-9-16-14(17)10-11-4-6-13(18-2)7-5-11/h4-7,12H,3,8-10,15H2,1-2H3,(H,16,17). The summed E-state index contributed by atoms with van der Waals surface area (Å²) >= 11 is 0. The summed E-state index contributed by atoms with van der Waals surface area (Å²) in [5, 5.41) is 2.87. The third kappa shape index (κ3) is 5.19. The van der Waals surface area contributed by atoms with Crippen LogP contribution in [0.4, 0.5) is 0 Å². The fraction of sp³-hybridized carbons (Fsp3) is 0.500. The number of methoxy groups -OCH3 is 1. The van der Waals surface area contributed by atoms with E-state index in [1.165, 1.54) is 0 Å². The minimum Gasteiger partial charge on any atom is -0.497 e. The van der Waals surface area contributed by atoms with Gasteiger partial charge in [0.2, 0.25) is 5.91 Å². The highest BCUT2D eigenvalue weighted by molar-refractivity contribution is 5.78. The fourth-order valence-corrected chi connectivity index (χ4v) is 1.59. The van der Waals surface area contributed by atoms with Gasteiger partial charge in [-0.05, 0) is 30.5 Å². The number of nitrogens with two attached hydrogens (primary N) is 1. The van der Waals surface area contributed by atoms with E-state index in [1.807, 2.05) is 31.2 Å². The van der Waals surface area contributed by atoms with Crippen molar-refractivity contribution < 1.29 is 9.53 Å². The first-order valence-electron chi connectivity index (χ1n) is 6.31. The quantitative estimate of drug-likeness (QED) is 0.770. The zero-order chi connectivity index (χ0) is 13.4. The molecule has 100 valence electrons. The van der Waals surface area contributed by atoms with E-state index in [-0.39, 0.29) is 11.9 Å². The largest absolute Gasteiger partial charge is 0.497 e. The van der Waals surface area contributed by atoms with Gasteiger partial charge in [0.25, 0.3) is 0 Å². The van der Waals surface area contributed by atoms with Crippen LogP contribution in [0.5, 0.6) is 5.75 Å². The van der Waals surface area contributed by atoms with Crippen LogP contribution in [0.3, 0.4) is 0 Å². The highest BCUT2D eigenvalue weighted by atomic mass is 16.5. The summed E-state index contributed by atoms with van der Waals surface area (Å²) in [6, 6.07) is 7.68. The minimum absolute atomic E-state index is 0.0310. The lowest BCUT2D eigenvalue weighted by atomic mass is 10.1. The van der Waals surface area contributed by atoms with E-state index in [2.05, 4.69) is 5.32 Å². The Kier molecular flexibility index (Phi) is 6.22. The first-order chi connectivity index (χ1) is 8.65. The number of rotatable bonds is 7. The van der Waals surface area contributed by atoms with Crippen molar-refractivity contribution in [2.45, 2.75) is 32.2 Å². The maximum atomic E-state index is 11.7. The number of amides is 1. The van der Waals surface area contributed by atoms with Gasteiger partial charge in [-0.15, -0.1) is 0 Å². The van der Waals surface area contributed by atoms with Crippen molar-refractivity contribution in [1.82, 2.24) is 5.32 Å². The van der Waals surface area contributed by atoms with Crippen LogP contribution in [-0.4, -0.2) is 25.6 Å². The van der Waals surface area contributed by atoms with E-state index in [9.17, 15) is 4.79 Å². The highest BCUT2D eigenvalue weighted by Crippen LogP contribution is 2.11. The SMILES string of the molecule is CCC(N)CCNC(=O)Cc1ccc(OC)cc1. The molecule has 1 rings (SSSR count). The fourth-order valence-electron chi connectivity index (χ4n) is 1.59. The van der Waals surface area contributed by atoms with Crippen LogP contribution >= 0.6 is 0 Å². The summed E-state index contributed by atoms with van der Waals surface area (Å²) in [7, 11) is 1.62. The average Bonchev–Trinajstić information content (AvgIpc) is 2.39. The molecule has 0 saturated heterocycles. The number of hydrogen-bond donors (Lipinski definition) is 2. The predicted octanol–water partition coefficient (Wildman–Crippen LogP) is 1.48. The van der Waals surface area contributed by atoms with Crippen molar-refractivity contribution in [3.8, 4) is 5.75 Å². The molecule has 0 bridgehead atoms. The van der Waals surface area contributed by atoms with Gasteiger partial charge in [0, 0.05) is 12.6 Å². The molecule has 1 unspecified atom stereocenters. The summed E-state index contributed by atoms with van der Waals surface area (Å²) in [6.45, 7) is 2.69. The Morgan fingerprint density at radius 3 is 2.61 bits per heavy atom. The van der Waals surface area contributed by atoms with Crippen molar-refractivity contribution in [2.24, 2.45) is 5.73 Å². The van der Waals surface area contributed by atoms with Crippen LogP contribution in [0.15, 0.2) is 24.3 Å². The molecule has 3 N–H and O–H groups in total. The third-order valence-electron chi connectivity index (χ3n) is 2.89. The lowest BCUT2D eigenvalue weighted by molar-refractivity contribution is -0.120. The lowest BCUT2D eigenvalue weighted by Crippen LogP contribution is -2.30. The van der Waals surface area contributed by atoms with Crippen LogP contribution < -0.4 is 15.8 Å². The van der Waals surface area contributed by atoms with Gasteiger partial charge in [-0.25, -0.2) is 0 Å². The molecule has 0 fully saturated rings. The molecule has 0 saturated carbocycles. The van der Waals surface area contributed by atoms with Gasteiger partial charge in [-0.3, -0.25) is 4.79 Å². The molecule has 1 aromatic carbocycles.